The van der Waals surface area contributed by atoms with Crippen molar-refractivity contribution >= 4 is 27.7 Å². The minimum absolute atomic E-state index is 0.110. The summed E-state index contributed by atoms with van der Waals surface area (Å²) in [5.74, 6) is -0.267. The molecule has 0 aliphatic carbocycles. The number of nitrogens with one attached hydrogen (secondary N) is 2. The second-order valence-corrected chi connectivity index (χ2v) is 6.53. The molecule has 0 saturated carbocycles. The van der Waals surface area contributed by atoms with Crippen molar-refractivity contribution < 1.29 is 9.59 Å². The molecule has 0 aliphatic heterocycles. The third-order valence-corrected chi connectivity index (χ3v) is 4.44. The van der Waals surface area contributed by atoms with Crippen LogP contribution in [0, 0.1) is 0 Å². The van der Waals surface area contributed by atoms with Crippen molar-refractivity contribution in [1.82, 2.24) is 10.6 Å². The molecule has 24 heavy (non-hydrogen) atoms. The number of halogens is 1. The van der Waals surface area contributed by atoms with E-state index in [-0.39, 0.29) is 30.3 Å². The van der Waals surface area contributed by atoms with E-state index in [0.717, 1.165) is 15.6 Å². The van der Waals surface area contributed by atoms with E-state index in [0.29, 0.717) is 0 Å². The monoisotopic (exact) mass is 388 g/mol. The lowest BCUT2D eigenvalue weighted by molar-refractivity contribution is -0.123. The van der Waals surface area contributed by atoms with Crippen molar-refractivity contribution in [2.75, 3.05) is 0 Å². The zero-order valence-corrected chi connectivity index (χ0v) is 15.3. The van der Waals surface area contributed by atoms with Gasteiger partial charge in [-0.2, -0.15) is 0 Å². The van der Waals surface area contributed by atoms with Crippen molar-refractivity contribution in [1.29, 1.82) is 0 Å². The normalized spacial score (nSPS) is 13.0. The van der Waals surface area contributed by atoms with E-state index in [4.69, 9.17) is 0 Å². The van der Waals surface area contributed by atoms with Crippen LogP contribution in [-0.4, -0.2) is 11.8 Å². The minimum atomic E-state index is -0.338. The van der Waals surface area contributed by atoms with Crippen LogP contribution in [0.4, 0.5) is 0 Å². The Balaban J connectivity index is 2.05. The van der Waals surface area contributed by atoms with Gasteiger partial charge >= 0.3 is 0 Å². The van der Waals surface area contributed by atoms with Gasteiger partial charge in [0, 0.05) is 11.4 Å². The third kappa shape index (κ3) is 5.20. The van der Waals surface area contributed by atoms with Gasteiger partial charge in [0.1, 0.15) is 0 Å². The lowest BCUT2D eigenvalue weighted by Crippen LogP contribution is -2.33. The second-order valence-electron chi connectivity index (χ2n) is 5.68. The molecule has 2 atom stereocenters. The van der Waals surface area contributed by atoms with Crippen molar-refractivity contribution in [3.63, 3.8) is 0 Å². The fourth-order valence-electron chi connectivity index (χ4n) is 2.57. The predicted molar refractivity (Wildman–Crippen MR) is 98.3 cm³/mol. The van der Waals surface area contributed by atoms with Crippen LogP contribution in [0.3, 0.4) is 0 Å². The Hall–Kier alpha value is -2.14. The molecule has 5 heteroatoms. The molecular weight excluding hydrogens is 368 g/mol. The molecule has 0 heterocycles. The fourth-order valence-corrected chi connectivity index (χ4v) is 3.20. The van der Waals surface area contributed by atoms with Crippen molar-refractivity contribution in [2.45, 2.75) is 32.4 Å². The van der Waals surface area contributed by atoms with E-state index in [9.17, 15) is 9.59 Å². The molecule has 0 fully saturated rings. The highest BCUT2D eigenvalue weighted by atomic mass is 79.9. The van der Waals surface area contributed by atoms with Crippen molar-refractivity contribution in [3.05, 3.63) is 70.2 Å². The summed E-state index contributed by atoms with van der Waals surface area (Å²) in [4.78, 5) is 23.9. The summed E-state index contributed by atoms with van der Waals surface area (Å²) in [5, 5.41) is 5.83. The Morgan fingerprint density at radius 3 is 2.25 bits per heavy atom. The number of rotatable bonds is 6. The van der Waals surface area contributed by atoms with Gasteiger partial charge in [-0.25, -0.2) is 0 Å². The SMILES string of the molecule is CC(=O)NC(CC(=O)NC(C)c1ccccc1Br)c1ccccc1. The number of hydrogen-bond acceptors (Lipinski definition) is 2. The molecule has 2 aromatic carbocycles. The quantitative estimate of drug-likeness (QED) is 0.788. The standard InChI is InChI=1S/C19H21BrN2O2/c1-13(16-10-6-7-11-17(16)20)21-19(24)12-18(22-14(2)23)15-8-4-3-5-9-15/h3-11,13,18H,12H2,1-2H3,(H,21,24)(H,22,23). The second kappa shape index (κ2) is 8.64. The summed E-state index contributed by atoms with van der Waals surface area (Å²) < 4.78 is 0.958. The average Bonchev–Trinajstić information content (AvgIpc) is 2.55. The van der Waals surface area contributed by atoms with E-state index in [2.05, 4.69) is 26.6 Å². The van der Waals surface area contributed by atoms with E-state index in [1.54, 1.807) is 0 Å². The van der Waals surface area contributed by atoms with Gasteiger partial charge in [0.2, 0.25) is 11.8 Å². The van der Waals surface area contributed by atoms with Gasteiger partial charge in [-0.05, 0) is 24.1 Å². The molecule has 0 spiro atoms. The maximum absolute atomic E-state index is 12.4. The largest absolute Gasteiger partial charge is 0.349 e. The zero-order valence-electron chi connectivity index (χ0n) is 13.8. The van der Waals surface area contributed by atoms with Gasteiger partial charge in [0.05, 0.1) is 18.5 Å². The number of hydrogen-bond donors (Lipinski definition) is 2. The highest BCUT2D eigenvalue weighted by Gasteiger charge is 2.19. The van der Waals surface area contributed by atoms with E-state index < -0.39 is 0 Å². The van der Waals surface area contributed by atoms with Gasteiger partial charge in [-0.1, -0.05) is 64.5 Å². The van der Waals surface area contributed by atoms with Gasteiger partial charge in [-0.3, -0.25) is 9.59 Å². The number of amides is 2. The summed E-state index contributed by atoms with van der Waals surface area (Å²) in [5.41, 5.74) is 1.93. The van der Waals surface area contributed by atoms with Gasteiger partial charge in [0.25, 0.3) is 0 Å². The lowest BCUT2D eigenvalue weighted by atomic mass is 10.0. The van der Waals surface area contributed by atoms with Crippen LogP contribution in [0.5, 0.6) is 0 Å². The number of benzene rings is 2. The van der Waals surface area contributed by atoms with Crippen LogP contribution < -0.4 is 10.6 Å². The highest BCUT2D eigenvalue weighted by molar-refractivity contribution is 9.10. The number of carbonyl (C=O) groups excluding carboxylic acids is 2. The van der Waals surface area contributed by atoms with Crippen LogP contribution in [-0.2, 0) is 9.59 Å². The van der Waals surface area contributed by atoms with Crippen LogP contribution in [0.2, 0.25) is 0 Å². The first-order valence-electron chi connectivity index (χ1n) is 7.83. The molecule has 0 aliphatic rings. The van der Waals surface area contributed by atoms with Crippen LogP contribution in [0.1, 0.15) is 43.5 Å². The molecule has 2 unspecified atom stereocenters. The molecule has 2 amide bonds. The lowest BCUT2D eigenvalue weighted by Gasteiger charge is -2.20. The van der Waals surface area contributed by atoms with Gasteiger partial charge in [-0.15, -0.1) is 0 Å². The first-order chi connectivity index (χ1) is 11.5. The Kier molecular flexibility index (Phi) is 6.55. The van der Waals surface area contributed by atoms with E-state index >= 15 is 0 Å². The third-order valence-electron chi connectivity index (χ3n) is 3.72. The summed E-state index contributed by atoms with van der Waals surface area (Å²) in [6.45, 7) is 3.39. The van der Waals surface area contributed by atoms with Gasteiger partial charge < -0.3 is 10.6 Å². The summed E-state index contributed by atoms with van der Waals surface area (Å²) in [6.07, 6.45) is 0.193. The molecule has 4 nitrogen and oxygen atoms in total. The minimum Gasteiger partial charge on any atom is -0.349 e. The first-order valence-corrected chi connectivity index (χ1v) is 8.62. The average molecular weight is 389 g/mol. The molecular formula is C19H21BrN2O2. The summed E-state index contributed by atoms with van der Waals surface area (Å²) >= 11 is 3.50. The maximum atomic E-state index is 12.4. The zero-order chi connectivity index (χ0) is 17.5. The van der Waals surface area contributed by atoms with E-state index in [1.165, 1.54) is 6.92 Å². The van der Waals surface area contributed by atoms with Gasteiger partial charge in [0.15, 0.2) is 0 Å². The summed E-state index contributed by atoms with van der Waals surface area (Å²) in [6, 6.07) is 16.8. The smallest absolute Gasteiger partial charge is 0.222 e. The first kappa shape index (κ1) is 18.2. The Labute approximate surface area is 150 Å². The highest BCUT2D eigenvalue weighted by Crippen LogP contribution is 2.23. The van der Waals surface area contributed by atoms with Crippen LogP contribution in [0.15, 0.2) is 59.1 Å². The topological polar surface area (TPSA) is 58.2 Å². The molecule has 0 bridgehead atoms. The maximum Gasteiger partial charge on any atom is 0.222 e. The predicted octanol–water partition coefficient (Wildman–Crippen LogP) is 3.89. The molecule has 2 rings (SSSR count). The van der Waals surface area contributed by atoms with Crippen LogP contribution >= 0.6 is 15.9 Å². The molecule has 2 aromatic rings. The van der Waals surface area contributed by atoms with Crippen molar-refractivity contribution in [3.8, 4) is 0 Å². The Morgan fingerprint density at radius 1 is 1.00 bits per heavy atom. The number of carbonyl (C=O) groups is 2. The molecule has 0 radical (unpaired) electrons. The molecule has 126 valence electrons. The van der Waals surface area contributed by atoms with E-state index in [1.807, 2.05) is 61.5 Å². The molecule has 0 saturated heterocycles. The molecule has 2 N–H and O–H groups in total. The fraction of sp³-hybridized carbons (Fsp3) is 0.263. The van der Waals surface area contributed by atoms with Crippen LogP contribution in [0.25, 0.3) is 0 Å². The Morgan fingerprint density at radius 2 is 1.62 bits per heavy atom. The molecule has 0 aromatic heterocycles. The van der Waals surface area contributed by atoms with Crippen molar-refractivity contribution in [2.24, 2.45) is 0 Å². The summed E-state index contributed by atoms with van der Waals surface area (Å²) in [7, 11) is 0. The Bertz CT molecular complexity index is 704.